The van der Waals surface area contributed by atoms with Crippen molar-refractivity contribution in [1.29, 1.82) is 0 Å². The van der Waals surface area contributed by atoms with E-state index in [4.69, 9.17) is 5.84 Å². The Kier molecular flexibility index (Phi) is 2.46. The van der Waals surface area contributed by atoms with Gasteiger partial charge in [-0.1, -0.05) is 23.8 Å². The van der Waals surface area contributed by atoms with Gasteiger partial charge in [0.15, 0.2) is 5.82 Å². The molecule has 2 aromatic heterocycles. The summed E-state index contributed by atoms with van der Waals surface area (Å²) in [5.41, 5.74) is 6.63. The quantitative estimate of drug-likeness (QED) is 0.530. The minimum Gasteiger partial charge on any atom is -0.307 e. The molecule has 5 heteroatoms. The second kappa shape index (κ2) is 4.12. The van der Waals surface area contributed by atoms with Gasteiger partial charge in [0.25, 0.3) is 0 Å². The van der Waals surface area contributed by atoms with E-state index in [0.29, 0.717) is 5.82 Å². The van der Waals surface area contributed by atoms with Gasteiger partial charge in [-0.25, -0.2) is 15.3 Å². The number of nitrogens with one attached hydrogen (secondary N) is 1. The molecule has 5 nitrogen and oxygen atoms in total. The number of nitrogen functional groups attached to an aromatic ring is 1. The number of aryl methyl sites for hydroxylation is 1. The van der Waals surface area contributed by atoms with Crippen LogP contribution in [0.3, 0.4) is 0 Å². The summed E-state index contributed by atoms with van der Waals surface area (Å²) in [7, 11) is 0. The van der Waals surface area contributed by atoms with Crippen LogP contribution < -0.4 is 11.3 Å². The predicted octanol–water partition coefficient (Wildman–Crippen LogP) is 1.99. The van der Waals surface area contributed by atoms with Gasteiger partial charge in [0.1, 0.15) is 5.52 Å². The molecule has 3 aromatic rings. The Hall–Kier alpha value is -2.40. The van der Waals surface area contributed by atoms with Gasteiger partial charge >= 0.3 is 0 Å². The third kappa shape index (κ3) is 1.70. The zero-order chi connectivity index (χ0) is 12.5. The summed E-state index contributed by atoms with van der Waals surface area (Å²) in [6.45, 7) is 2.06. The van der Waals surface area contributed by atoms with Gasteiger partial charge < -0.3 is 5.43 Å². The lowest BCUT2D eigenvalue weighted by Crippen LogP contribution is -2.09. The Labute approximate surface area is 104 Å². The number of hydrogen-bond donors (Lipinski definition) is 2. The van der Waals surface area contributed by atoms with E-state index in [0.717, 1.165) is 16.8 Å². The summed E-state index contributed by atoms with van der Waals surface area (Å²) in [4.78, 5) is 4.15. The molecule has 0 atom stereocenters. The molecular formula is C13H13N5. The highest BCUT2D eigenvalue weighted by Gasteiger charge is 2.07. The molecule has 18 heavy (non-hydrogen) atoms. The maximum atomic E-state index is 5.43. The number of benzene rings is 1. The Bertz CT molecular complexity index is 701. The topological polar surface area (TPSA) is 68.2 Å². The van der Waals surface area contributed by atoms with E-state index >= 15 is 0 Å². The lowest BCUT2D eigenvalue weighted by Gasteiger charge is -1.98. The zero-order valence-corrected chi connectivity index (χ0v) is 9.96. The number of fused-ring (bicyclic) bond motifs is 1. The predicted molar refractivity (Wildman–Crippen MR) is 71.0 cm³/mol. The number of rotatable bonds is 2. The summed E-state index contributed by atoms with van der Waals surface area (Å²) < 4.78 is 1.76. The lowest BCUT2D eigenvalue weighted by molar-refractivity contribution is 0.949. The third-order valence-electron chi connectivity index (χ3n) is 2.84. The first-order valence-electron chi connectivity index (χ1n) is 5.66. The van der Waals surface area contributed by atoms with E-state index in [-0.39, 0.29) is 0 Å². The van der Waals surface area contributed by atoms with Crippen LogP contribution in [0.2, 0.25) is 0 Å². The summed E-state index contributed by atoms with van der Waals surface area (Å²) in [5, 5.41) is 4.51. The largest absolute Gasteiger partial charge is 0.307 e. The fraction of sp³-hybridized carbons (Fsp3) is 0.0769. The van der Waals surface area contributed by atoms with Crippen LogP contribution in [0, 0.1) is 6.92 Å². The van der Waals surface area contributed by atoms with E-state index in [2.05, 4.69) is 34.6 Å². The molecule has 2 heterocycles. The van der Waals surface area contributed by atoms with Crippen molar-refractivity contribution in [2.75, 3.05) is 5.43 Å². The monoisotopic (exact) mass is 239 g/mol. The van der Waals surface area contributed by atoms with Crippen molar-refractivity contribution in [3.8, 4) is 11.3 Å². The molecule has 0 spiro atoms. The molecular weight excluding hydrogens is 226 g/mol. The van der Waals surface area contributed by atoms with Gasteiger partial charge in [-0.15, -0.1) is 0 Å². The van der Waals surface area contributed by atoms with E-state index in [1.54, 1.807) is 16.9 Å². The number of anilines is 1. The van der Waals surface area contributed by atoms with Crippen molar-refractivity contribution in [2.24, 2.45) is 5.84 Å². The standard InChI is InChI=1S/C13H13N5/c1-9-3-2-4-10(7-9)11-8-12-13(16-14)15-5-6-18(12)17-11/h2-8H,14H2,1H3,(H,15,16). The molecule has 0 radical (unpaired) electrons. The van der Waals surface area contributed by atoms with E-state index < -0.39 is 0 Å². The van der Waals surface area contributed by atoms with Crippen LogP contribution in [0.15, 0.2) is 42.7 Å². The van der Waals surface area contributed by atoms with Crippen molar-refractivity contribution >= 4 is 11.3 Å². The Morgan fingerprint density at radius 2 is 2.17 bits per heavy atom. The molecule has 3 N–H and O–H groups in total. The average molecular weight is 239 g/mol. The first-order valence-corrected chi connectivity index (χ1v) is 5.66. The maximum Gasteiger partial charge on any atom is 0.166 e. The summed E-state index contributed by atoms with van der Waals surface area (Å²) in [6.07, 6.45) is 3.46. The second-order valence-electron chi connectivity index (χ2n) is 4.15. The molecule has 0 amide bonds. The first-order chi connectivity index (χ1) is 8.78. The van der Waals surface area contributed by atoms with Crippen LogP contribution in [0.25, 0.3) is 16.8 Å². The molecule has 0 aliphatic rings. The SMILES string of the molecule is Cc1cccc(-c2cc3c(NN)nccn3n2)c1. The smallest absolute Gasteiger partial charge is 0.166 e. The average Bonchev–Trinajstić information content (AvgIpc) is 2.82. The van der Waals surface area contributed by atoms with Crippen LogP contribution in [0.5, 0.6) is 0 Å². The van der Waals surface area contributed by atoms with Gasteiger partial charge in [0, 0.05) is 18.0 Å². The number of hydrazine groups is 1. The fourth-order valence-electron chi connectivity index (χ4n) is 1.98. The third-order valence-corrected chi connectivity index (χ3v) is 2.84. The van der Waals surface area contributed by atoms with Gasteiger partial charge in [-0.05, 0) is 19.1 Å². The van der Waals surface area contributed by atoms with Crippen molar-refractivity contribution in [2.45, 2.75) is 6.92 Å². The maximum absolute atomic E-state index is 5.43. The van der Waals surface area contributed by atoms with Crippen LogP contribution >= 0.6 is 0 Å². The molecule has 1 aromatic carbocycles. The fourth-order valence-corrected chi connectivity index (χ4v) is 1.98. The van der Waals surface area contributed by atoms with Crippen LogP contribution in [0.4, 0.5) is 5.82 Å². The zero-order valence-electron chi connectivity index (χ0n) is 9.96. The van der Waals surface area contributed by atoms with Crippen LogP contribution in [0.1, 0.15) is 5.56 Å². The van der Waals surface area contributed by atoms with E-state index in [9.17, 15) is 0 Å². The molecule has 0 bridgehead atoms. The highest BCUT2D eigenvalue weighted by molar-refractivity contribution is 5.74. The molecule has 0 aliphatic heterocycles. The lowest BCUT2D eigenvalue weighted by atomic mass is 10.1. The Morgan fingerprint density at radius 3 is 2.94 bits per heavy atom. The molecule has 0 fully saturated rings. The molecule has 0 unspecified atom stereocenters. The summed E-state index contributed by atoms with van der Waals surface area (Å²) >= 11 is 0. The number of aromatic nitrogens is 3. The molecule has 0 saturated carbocycles. The second-order valence-corrected chi connectivity index (χ2v) is 4.15. The molecule has 90 valence electrons. The van der Waals surface area contributed by atoms with Crippen molar-refractivity contribution < 1.29 is 0 Å². The number of hydrogen-bond acceptors (Lipinski definition) is 4. The number of nitrogens with zero attached hydrogens (tertiary/aromatic N) is 3. The summed E-state index contributed by atoms with van der Waals surface area (Å²) in [6, 6.07) is 10.2. The highest BCUT2D eigenvalue weighted by Crippen LogP contribution is 2.23. The van der Waals surface area contributed by atoms with Crippen molar-refractivity contribution in [3.05, 3.63) is 48.3 Å². The van der Waals surface area contributed by atoms with E-state index in [1.807, 2.05) is 18.2 Å². The summed E-state index contributed by atoms with van der Waals surface area (Å²) in [5.74, 6) is 6.05. The highest BCUT2D eigenvalue weighted by atomic mass is 15.3. The van der Waals surface area contributed by atoms with Crippen molar-refractivity contribution in [3.63, 3.8) is 0 Å². The molecule has 3 rings (SSSR count). The van der Waals surface area contributed by atoms with Crippen molar-refractivity contribution in [1.82, 2.24) is 14.6 Å². The van der Waals surface area contributed by atoms with Gasteiger partial charge in [-0.3, -0.25) is 0 Å². The normalized spacial score (nSPS) is 10.8. The van der Waals surface area contributed by atoms with Gasteiger partial charge in [-0.2, -0.15) is 5.10 Å². The van der Waals surface area contributed by atoms with E-state index in [1.165, 1.54) is 5.56 Å². The number of nitrogens with two attached hydrogens (primary N) is 1. The minimum absolute atomic E-state index is 0.615. The Morgan fingerprint density at radius 1 is 1.28 bits per heavy atom. The Balaban J connectivity index is 2.19. The van der Waals surface area contributed by atoms with Crippen LogP contribution in [-0.2, 0) is 0 Å². The van der Waals surface area contributed by atoms with Crippen LogP contribution in [-0.4, -0.2) is 14.6 Å². The van der Waals surface area contributed by atoms with Gasteiger partial charge in [0.05, 0.1) is 5.69 Å². The minimum atomic E-state index is 0.615. The molecule has 0 saturated heterocycles. The van der Waals surface area contributed by atoms with Gasteiger partial charge in [0.2, 0.25) is 0 Å². The molecule has 0 aliphatic carbocycles. The first kappa shape index (κ1) is 10.7.